The molecular formula is C17H22N6OS. The van der Waals surface area contributed by atoms with Gasteiger partial charge in [-0.25, -0.2) is 4.98 Å². The zero-order valence-electron chi connectivity index (χ0n) is 14.5. The molecule has 0 aliphatic carbocycles. The van der Waals surface area contributed by atoms with Crippen molar-refractivity contribution in [2.24, 2.45) is 0 Å². The van der Waals surface area contributed by atoms with Crippen molar-refractivity contribution in [3.8, 4) is 0 Å². The van der Waals surface area contributed by atoms with Gasteiger partial charge >= 0.3 is 0 Å². The van der Waals surface area contributed by atoms with Gasteiger partial charge in [0, 0.05) is 43.3 Å². The van der Waals surface area contributed by atoms with Gasteiger partial charge in [-0.15, -0.1) is 11.3 Å². The molecule has 0 radical (unpaired) electrons. The highest BCUT2D eigenvalue weighted by molar-refractivity contribution is 7.10. The molecule has 0 aromatic carbocycles. The normalized spacial score (nSPS) is 17.0. The van der Waals surface area contributed by atoms with Crippen molar-refractivity contribution in [2.45, 2.75) is 13.0 Å². The number of nitrogens with zero attached hydrogens (tertiary/aromatic N) is 6. The maximum absolute atomic E-state index is 5.54. The van der Waals surface area contributed by atoms with Gasteiger partial charge in [-0.3, -0.25) is 4.90 Å². The van der Waals surface area contributed by atoms with Crippen molar-refractivity contribution < 1.29 is 4.74 Å². The van der Waals surface area contributed by atoms with Gasteiger partial charge in [0.1, 0.15) is 12.1 Å². The van der Waals surface area contributed by atoms with Crippen LogP contribution in [0.25, 0.3) is 5.78 Å². The van der Waals surface area contributed by atoms with Crippen molar-refractivity contribution in [3.05, 3.63) is 40.5 Å². The summed E-state index contributed by atoms with van der Waals surface area (Å²) in [6.45, 7) is 6.39. The number of hydrogen-bond acceptors (Lipinski definition) is 7. The fourth-order valence-corrected chi connectivity index (χ4v) is 4.14. The predicted molar refractivity (Wildman–Crippen MR) is 98.2 cm³/mol. The number of fused-ring (bicyclic) bond motifs is 1. The number of thiophene rings is 1. The Morgan fingerprint density at radius 2 is 2.20 bits per heavy atom. The first kappa shape index (κ1) is 16.4. The van der Waals surface area contributed by atoms with Gasteiger partial charge in [0.05, 0.1) is 19.3 Å². The van der Waals surface area contributed by atoms with E-state index in [1.54, 1.807) is 10.8 Å². The highest BCUT2D eigenvalue weighted by atomic mass is 32.1. The minimum atomic E-state index is 0.334. The molecule has 4 rings (SSSR count). The van der Waals surface area contributed by atoms with Crippen molar-refractivity contribution in [2.75, 3.05) is 44.8 Å². The largest absolute Gasteiger partial charge is 0.379 e. The first-order chi connectivity index (χ1) is 12.2. The van der Waals surface area contributed by atoms with Crippen LogP contribution in [-0.2, 0) is 4.74 Å². The van der Waals surface area contributed by atoms with Crippen LogP contribution in [0, 0.1) is 6.92 Å². The molecule has 1 atom stereocenters. The molecule has 8 heteroatoms. The van der Waals surface area contributed by atoms with E-state index in [1.165, 1.54) is 4.88 Å². The van der Waals surface area contributed by atoms with Gasteiger partial charge in [0.25, 0.3) is 5.78 Å². The van der Waals surface area contributed by atoms with E-state index in [0.717, 1.165) is 44.4 Å². The fourth-order valence-electron chi connectivity index (χ4n) is 3.29. The maximum Gasteiger partial charge on any atom is 0.254 e. The molecule has 0 amide bonds. The van der Waals surface area contributed by atoms with Crippen LogP contribution in [0.15, 0.2) is 29.9 Å². The average molecular weight is 358 g/mol. The fraction of sp³-hybridized carbons (Fsp3) is 0.471. The molecule has 0 saturated carbocycles. The van der Waals surface area contributed by atoms with Crippen LogP contribution in [0.5, 0.6) is 0 Å². The molecule has 3 aromatic heterocycles. The molecule has 3 aromatic rings. The van der Waals surface area contributed by atoms with Crippen molar-refractivity contribution in [1.82, 2.24) is 24.5 Å². The molecule has 25 heavy (non-hydrogen) atoms. The Morgan fingerprint density at radius 3 is 2.96 bits per heavy atom. The van der Waals surface area contributed by atoms with E-state index in [9.17, 15) is 0 Å². The topological polar surface area (TPSA) is 58.8 Å². The van der Waals surface area contributed by atoms with Gasteiger partial charge < -0.3 is 9.64 Å². The molecule has 4 heterocycles. The third kappa shape index (κ3) is 3.37. The summed E-state index contributed by atoms with van der Waals surface area (Å²) >= 11 is 1.81. The van der Waals surface area contributed by atoms with Crippen LogP contribution in [0.3, 0.4) is 0 Å². The number of aryl methyl sites for hydroxylation is 1. The second kappa shape index (κ2) is 7.07. The monoisotopic (exact) mass is 358 g/mol. The highest BCUT2D eigenvalue weighted by Gasteiger charge is 2.25. The number of rotatable bonds is 5. The van der Waals surface area contributed by atoms with Gasteiger partial charge in [-0.1, -0.05) is 6.07 Å². The Labute approximate surface area is 150 Å². The Morgan fingerprint density at radius 1 is 1.36 bits per heavy atom. The quantitative estimate of drug-likeness (QED) is 0.695. The van der Waals surface area contributed by atoms with E-state index in [-0.39, 0.29) is 0 Å². The second-order valence-corrected chi connectivity index (χ2v) is 7.27. The zero-order valence-corrected chi connectivity index (χ0v) is 15.3. The smallest absolute Gasteiger partial charge is 0.254 e. The Kier molecular flexibility index (Phi) is 4.65. The number of anilines is 1. The first-order valence-electron chi connectivity index (χ1n) is 8.46. The van der Waals surface area contributed by atoms with Gasteiger partial charge in [-0.2, -0.15) is 14.6 Å². The van der Waals surface area contributed by atoms with E-state index >= 15 is 0 Å². The summed E-state index contributed by atoms with van der Waals surface area (Å²) in [5.74, 6) is 1.65. The number of likely N-dealkylation sites (N-methyl/N-ethyl adjacent to an activating group) is 1. The molecule has 132 valence electrons. The highest BCUT2D eigenvalue weighted by Crippen LogP contribution is 2.28. The lowest BCUT2D eigenvalue weighted by Gasteiger charge is -2.36. The second-order valence-electron chi connectivity index (χ2n) is 6.29. The average Bonchev–Trinajstić information content (AvgIpc) is 3.31. The lowest BCUT2D eigenvalue weighted by Crippen LogP contribution is -2.43. The maximum atomic E-state index is 5.54. The Balaban J connectivity index is 1.63. The summed E-state index contributed by atoms with van der Waals surface area (Å²) in [4.78, 5) is 14.8. The summed E-state index contributed by atoms with van der Waals surface area (Å²) in [6.07, 6.45) is 1.55. The molecule has 7 nitrogen and oxygen atoms in total. The van der Waals surface area contributed by atoms with Crippen LogP contribution in [0.4, 0.5) is 5.82 Å². The third-order valence-electron chi connectivity index (χ3n) is 4.56. The van der Waals surface area contributed by atoms with Crippen molar-refractivity contribution >= 4 is 22.9 Å². The number of aromatic nitrogens is 4. The predicted octanol–water partition coefficient (Wildman–Crippen LogP) is 2.00. The molecule has 1 saturated heterocycles. The van der Waals surface area contributed by atoms with Gasteiger partial charge in [0.15, 0.2) is 0 Å². The summed E-state index contributed by atoms with van der Waals surface area (Å²) in [6, 6.07) is 6.74. The van der Waals surface area contributed by atoms with Gasteiger partial charge in [0.2, 0.25) is 0 Å². The Hall–Kier alpha value is -2.03. The lowest BCUT2D eigenvalue weighted by atomic mass is 10.1. The first-order valence-corrected chi connectivity index (χ1v) is 9.34. The van der Waals surface area contributed by atoms with Crippen molar-refractivity contribution in [1.29, 1.82) is 0 Å². The third-order valence-corrected chi connectivity index (χ3v) is 5.53. The molecular weight excluding hydrogens is 336 g/mol. The van der Waals surface area contributed by atoms with Crippen molar-refractivity contribution in [3.63, 3.8) is 0 Å². The van der Waals surface area contributed by atoms with E-state index in [0.29, 0.717) is 11.8 Å². The van der Waals surface area contributed by atoms with E-state index in [4.69, 9.17) is 4.74 Å². The molecule has 1 aliphatic rings. The standard InChI is InChI=1S/C17H22N6OS/c1-13-10-16(23-17(20-13)18-12-19-23)21(2)11-14(15-4-3-9-25-15)22-5-7-24-8-6-22/h3-4,9-10,12,14H,5-8,11H2,1-2H3. The summed E-state index contributed by atoms with van der Waals surface area (Å²) in [5.41, 5.74) is 0.946. The van der Waals surface area contributed by atoms with Crippen LogP contribution >= 0.6 is 11.3 Å². The molecule has 1 fully saturated rings. The molecule has 0 N–H and O–H groups in total. The van der Waals surface area contributed by atoms with E-state index < -0.39 is 0 Å². The lowest BCUT2D eigenvalue weighted by molar-refractivity contribution is 0.0183. The summed E-state index contributed by atoms with van der Waals surface area (Å²) in [5, 5.41) is 6.48. The van der Waals surface area contributed by atoms with E-state index in [1.807, 2.05) is 18.3 Å². The van der Waals surface area contributed by atoms with Crippen LogP contribution in [0.2, 0.25) is 0 Å². The zero-order chi connectivity index (χ0) is 17.2. The summed E-state index contributed by atoms with van der Waals surface area (Å²) in [7, 11) is 2.11. The van der Waals surface area contributed by atoms with Crippen LogP contribution in [0.1, 0.15) is 16.6 Å². The number of hydrogen-bond donors (Lipinski definition) is 0. The SMILES string of the molecule is Cc1cc(N(C)CC(c2cccs2)N2CCOCC2)n2ncnc2n1. The molecule has 1 aliphatic heterocycles. The van der Waals surface area contributed by atoms with Crippen LogP contribution in [-0.4, -0.2) is 64.4 Å². The molecule has 0 bridgehead atoms. The molecule has 1 unspecified atom stereocenters. The number of ether oxygens (including phenoxy) is 1. The van der Waals surface area contributed by atoms with Crippen LogP contribution < -0.4 is 4.90 Å². The van der Waals surface area contributed by atoms with E-state index in [2.05, 4.69) is 55.5 Å². The number of morpholine rings is 1. The molecule has 0 spiro atoms. The van der Waals surface area contributed by atoms with Gasteiger partial charge in [-0.05, 0) is 18.4 Å². The minimum Gasteiger partial charge on any atom is -0.379 e. The summed E-state index contributed by atoms with van der Waals surface area (Å²) < 4.78 is 7.34. The minimum absolute atomic E-state index is 0.334. The Bertz CT molecular complexity index is 827.